The second-order valence-corrected chi connectivity index (χ2v) is 5.04. The van der Waals surface area contributed by atoms with Crippen LogP contribution in [0.3, 0.4) is 0 Å². The van der Waals surface area contributed by atoms with E-state index in [9.17, 15) is 5.11 Å². The van der Waals surface area contributed by atoms with Crippen LogP contribution < -0.4 is 5.32 Å². The maximum atomic E-state index is 9.86. The standard InChI is InChI=1S/C13H17ClN2O2/c1-3-13(2,17)8-15-7-9-6-10-11(18-9)4-5-16-12(10)14/h4-6,15,17H,3,7-8H2,1-2H3. The summed E-state index contributed by atoms with van der Waals surface area (Å²) in [5.74, 6) is 0.784. The summed E-state index contributed by atoms with van der Waals surface area (Å²) in [6.45, 7) is 4.83. The molecule has 0 aliphatic heterocycles. The van der Waals surface area contributed by atoms with E-state index in [2.05, 4.69) is 10.3 Å². The minimum atomic E-state index is -0.689. The molecule has 0 saturated heterocycles. The molecule has 2 aromatic heterocycles. The average molecular weight is 269 g/mol. The highest BCUT2D eigenvalue weighted by Gasteiger charge is 2.16. The van der Waals surface area contributed by atoms with Gasteiger partial charge < -0.3 is 14.8 Å². The molecule has 18 heavy (non-hydrogen) atoms. The molecule has 0 aliphatic carbocycles. The molecule has 2 heterocycles. The molecule has 0 fully saturated rings. The lowest BCUT2D eigenvalue weighted by Crippen LogP contribution is -2.36. The molecule has 0 saturated carbocycles. The van der Waals surface area contributed by atoms with Crippen LogP contribution in [-0.2, 0) is 6.54 Å². The van der Waals surface area contributed by atoms with E-state index < -0.39 is 5.60 Å². The Morgan fingerprint density at radius 1 is 1.56 bits per heavy atom. The lowest BCUT2D eigenvalue weighted by Gasteiger charge is -2.21. The fourth-order valence-corrected chi connectivity index (χ4v) is 1.85. The van der Waals surface area contributed by atoms with Gasteiger partial charge in [0.05, 0.1) is 17.5 Å². The molecule has 0 aliphatic rings. The number of fused-ring (bicyclic) bond motifs is 1. The summed E-state index contributed by atoms with van der Waals surface area (Å²) in [6.07, 6.45) is 2.32. The molecule has 0 amide bonds. The molecule has 5 heteroatoms. The van der Waals surface area contributed by atoms with Crippen LogP contribution >= 0.6 is 11.6 Å². The zero-order valence-corrected chi connectivity index (χ0v) is 11.3. The Labute approximate surface area is 111 Å². The monoisotopic (exact) mass is 268 g/mol. The van der Waals surface area contributed by atoms with Gasteiger partial charge in [0.1, 0.15) is 16.5 Å². The van der Waals surface area contributed by atoms with E-state index in [1.807, 2.05) is 13.0 Å². The zero-order valence-electron chi connectivity index (χ0n) is 10.5. The highest BCUT2D eigenvalue weighted by atomic mass is 35.5. The Morgan fingerprint density at radius 2 is 2.33 bits per heavy atom. The molecule has 0 radical (unpaired) electrons. The Kier molecular flexibility index (Phi) is 3.90. The van der Waals surface area contributed by atoms with Crippen molar-refractivity contribution in [2.75, 3.05) is 6.54 Å². The van der Waals surface area contributed by atoms with Crippen molar-refractivity contribution in [1.29, 1.82) is 0 Å². The van der Waals surface area contributed by atoms with Gasteiger partial charge in [-0.1, -0.05) is 18.5 Å². The molecular formula is C13H17ClN2O2. The fourth-order valence-electron chi connectivity index (χ4n) is 1.65. The van der Waals surface area contributed by atoms with Crippen molar-refractivity contribution >= 4 is 22.6 Å². The summed E-state index contributed by atoms with van der Waals surface area (Å²) < 4.78 is 5.63. The Morgan fingerprint density at radius 3 is 3.00 bits per heavy atom. The van der Waals surface area contributed by atoms with Gasteiger partial charge in [0.15, 0.2) is 0 Å². The van der Waals surface area contributed by atoms with Crippen LogP contribution in [-0.4, -0.2) is 22.2 Å². The molecule has 4 nitrogen and oxygen atoms in total. The minimum absolute atomic E-state index is 0.447. The van der Waals surface area contributed by atoms with Gasteiger partial charge in [-0.3, -0.25) is 0 Å². The van der Waals surface area contributed by atoms with Crippen molar-refractivity contribution in [3.05, 3.63) is 29.2 Å². The number of nitrogens with one attached hydrogen (secondary N) is 1. The molecule has 2 N–H and O–H groups in total. The van der Waals surface area contributed by atoms with E-state index in [1.54, 1.807) is 19.2 Å². The number of rotatable bonds is 5. The van der Waals surface area contributed by atoms with Crippen molar-refractivity contribution < 1.29 is 9.52 Å². The third-order valence-corrected chi connectivity index (χ3v) is 3.32. The summed E-state index contributed by atoms with van der Waals surface area (Å²) in [5, 5.41) is 14.3. The average Bonchev–Trinajstić information content (AvgIpc) is 2.73. The maximum Gasteiger partial charge on any atom is 0.140 e. The Bertz CT molecular complexity index is 537. The van der Waals surface area contributed by atoms with Crippen LogP contribution in [0.5, 0.6) is 0 Å². The first-order valence-corrected chi connectivity index (χ1v) is 6.35. The predicted octanol–water partition coefficient (Wildman–Crippen LogP) is 2.73. The second kappa shape index (κ2) is 5.26. The van der Waals surface area contributed by atoms with E-state index in [1.165, 1.54) is 0 Å². The van der Waals surface area contributed by atoms with E-state index in [0.29, 0.717) is 24.7 Å². The Balaban J connectivity index is 2.02. The molecule has 0 aromatic carbocycles. The van der Waals surface area contributed by atoms with Crippen molar-refractivity contribution in [2.45, 2.75) is 32.4 Å². The highest BCUT2D eigenvalue weighted by Crippen LogP contribution is 2.24. The van der Waals surface area contributed by atoms with Crippen LogP contribution in [0.2, 0.25) is 5.15 Å². The quantitative estimate of drug-likeness (QED) is 0.819. The summed E-state index contributed by atoms with van der Waals surface area (Å²) in [4.78, 5) is 4.00. The number of hydrogen-bond acceptors (Lipinski definition) is 4. The third-order valence-electron chi connectivity index (χ3n) is 3.01. The lowest BCUT2D eigenvalue weighted by atomic mass is 10.0. The van der Waals surface area contributed by atoms with Crippen molar-refractivity contribution in [3.63, 3.8) is 0 Å². The smallest absolute Gasteiger partial charge is 0.140 e. The summed E-state index contributed by atoms with van der Waals surface area (Å²) >= 11 is 5.97. The van der Waals surface area contributed by atoms with E-state index >= 15 is 0 Å². The van der Waals surface area contributed by atoms with Crippen LogP contribution in [0.1, 0.15) is 26.0 Å². The summed E-state index contributed by atoms with van der Waals surface area (Å²) in [7, 11) is 0. The minimum Gasteiger partial charge on any atom is -0.460 e. The maximum absolute atomic E-state index is 9.86. The predicted molar refractivity (Wildman–Crippen MR) is 71.6 cm³/mol. The highest BCUT2D eigenvalue weighted by molar-refractivity contribution is 6.34. The largest absolute Gasteiger partial charge is 0.460 e. The van der Waals surface area contributed by atoms with Gasteiger partial charge in [0, 0.05) is 12.7 Å². The second-order valence-electron chi connectivity index (χ2n) is 4.68. The van der Waals surface area contributed by atoms with E-state index in [-0.39, 0.29) is 0 Å². The first-order valence-electron chi connectivity index (χ1n) is 5.98. The molecule has 0 spiro atoms. The van der Waals surface area contributed by atoms with Gasteiger partial charge in [-0.2, -0.15) is 0 Å². The molecule has 0 bridgehead atoms. The number of aliphatic hydroxyl groups is 1. The van der Waals surface area contributed by atoms with Gasteiger partial charge in [0.25, 0.3) is 0 Å². The number of pyridine rings is 1. The normalized spacial score (nSPS) is 14.9. The molecular weight excluding hydrogens is 252 g/mol. The number of hydrogen-bond donors (Lipinski definition) is 2. The molecule has 1 unspecified atom stereocenters. The SMILES string of the molecule is CCC(C)(O)CNCc1cc2c(Cl)nccc2o1. The van der Waals surface area contributed by atoms with Gasteiger partial charge in [-0.05, 0) is 25.5 Å². The first kappa shape index (κ1) is 13.3. The number of halogens is 1. The van der Waals surface area contributed by atoms with Gasteiger partial charge in [-0.25, -0.2) is 4.98 Å². The van der Waals surface area contributed by atoms with E-state index in [4.69, 9.17) is 16.0 Å². The van der Waals surface area contributed by atoms with Crippen molar-refractivity contribution in [3.8, 4) is 0 Å². The zero-order chi connectivity index (χ0) is 13.2. The number of furan rings is 1. The molecule has 2 aromatic rings. The molecule has 2 rings (SSSR count). The lowest BCUT2D eigenvalue weighted by molar-refractivity contribution is 0.0552. The molecule has 98 valence electrons. The summed E-state index contributed by atoms with van der Waals surface area (Å²) in [5.41, 5.74) is 0.0413. The van der Waals surface area contributed by atoms with Gasteiger partial charge in [0.2, 0.25) is 0 Å². The van der Waals surface area contributed by atoms with Gasteiger partial charge >= 0.3 is 0 Å². The third kappa shape index (κ3) is 3.02. The molecule has 1 atom stereocenters. The topological polar surface area (TPSA) is 58.3 Å². The van der Waals surface area contributed by atoms with Crippen LogP contribution in [0, 0.1) is 0 Å². The number of nitrogens with zero attached hydrogens (tertiary/aromatic N) is 1. The van der Waals surface area contributed by atoms with Gasteiger partial charge in [-0.15, -0.1) is 0 Å². The summed E-state index contributed by atoms with van der Waals surface area (Å²) in [6, 6.07) is 3.66. The van der Waals surface area contributed by atoms with Crippen LogP contribution in [0.15, 0.2) is 22.7 Å². The van der Waals surface area contributed by atoms with Crippen LogP contribution in [0.25, 0.3) is 11.0 Å². The van der Waals surface area contributed by atoms with Crippen molar-refractivity contribution in [2.24, 2.45) is 0 Å². The fraction of sp³-hybridized carbons (Fsp3) is 0.462. The first-order chi connectivity index (χ1) is 8.52. The van der Waals surface area contributed by atoms with E-state index in [0.717, 1.165) is 16.7 Å². The Hall–Kier alpha value is -1.10. The van der Waals surface area contributed by atoms with Crippen molar-refractivity contribution in [1.82, 2.24) is 10.3 Å². The number of aromatic nitrogens is 1. The van der Waals surface area contributed by atoms with Crippen LogP contribution in [0.4, 0.5) is 0 Å².